The fraction of sp³-hybridized carbons (Fsp3) is 0.500. The summed E-state index contributed by atoms with van der Waals surface area (Å²) in [5.74, 6) is 2.50. The lowest BCUT2D eigenvalue weighted by molar-refractivity contribution is -0.115. The molecule has 0 saturated carbocycles. The molecule has 1 saturated heterocycles. The Morgan fingerprint density at radius 2 is 2.07 bits per heavy atom. The zero-order valence-corrected chi connectivity index (χ0v) is 17.1. The van der Waals surface area contributed by atoms with E-state index in [1.165, 1.54) is 0 Å². The number of amides is 1. The second-order valence-corrected chi connectivity index (χ2v) is 7.18. The molecule has 0 unspecified atom stereocenters. The summed E-state index contributed by atoms with van der Waals surface area (Å²) in [4.78, 5) is 17.0. The van der Waals surface area contributed by atoms with Crippen LogP contribution in [-0.2, 0) is 18.3 Å². The summed E-state index contributed by atoms with van der Waals surface area (Å²) in [7, 11) is 1.79. The molecule has 0 aliphatic carbocycles. The van der Waals surface area contributed by atoms with Crippen molar-refractivity contribution in [1.82, 2.24) is 20.1 Å². The van der Waals surface area contributed by atoms with Crippen LogP contribution < -0.4 is 20.1 Å². The van der Waals surface area contributed by atoms with Gasteiger partial charge in [0.05, 0.1) is 11.4 Å². The van der Waals surface area contributed by atoms with Gasteiger partial charge in [0, 0.05) is 13.0 Å². The van der Waals surface area contributed by atoms with Crippen LogP contribution in [0.5, 0.6) is 11.5 Å². The van der Waals surface area contributed by atoms with Crippen molar-refractivity contribution in [3.8, 4) is 11.5 Å². The number of aryl methyl sites for hydroxylation is 1. The Bertz CT molecular complexity index is 852. The highest BCUT2D eigenvalue weighted by Gasteiger charge is 2.22. The standard InChI is InChI=1S/C18H22ClN5O3.ClH/c1-24-18(22-17(23-24)12-2-4-20-5-3-12)21-15(25)10-11-8-13(19)16-14(9-11)26-6-7-27-16;/h8-9,12,20H,2-7,10H2,1H3,(H,21,22,23,25);1H. The summed E-state index contributed by atoms with van der Waals surface area (Å²) in [5.41, 5.74) is 0.752. The van der Waals surface area contributed by atoms with Crippen molar-refractivity contribution in [3.63, 3.8) is 0 Å². The summed E-state index contributed by atoms with van der Waals surface area (Å²) in [6.45, 7) is 2.88. The van der Waals surface area contributed by atoms with Crippen molar-refractivity contribution < 1.29 is 14.3 Å². The van der Waals surface area contributed by atoms with E-state index >= 15 is 0 Å². The fourth-order valence-corrected chi connectivity index (χ4v) is 3.67. The number of benzene rings is 1. The summed E-state index contributed by atoms with van der Waals surface area (Å²) >= 11 is 6.24. The van der Waals surface area contributed by atoms with Crippen molar-refractivity contribution in [2.75, 3.05) is 31.6 Å². The molecule has 1 fully saturated rings. The summed E-state index contributed by atoms with van der Waals surface area (Å²) in [6, 6.07) is 3.52. The second-order valence-electron chi connectivity index (χ2n) is 6.77. The molecule has 0 spiro atoms. The molecule has 8 nitrogen and oxygen atoms in total. The van der Waals surface area contributed by atoms with Gasteiger partial charge in [0.15, 0.2) is 17.3 Å². The molecule has 0 bridgehead atoms. The first-order valence-electron chi connectivity index (χ1n) is 9.09. The van der Waals surface area contributed by atoms with Crippen molar-refractivity contribution >= 4 is 35.9 Å². The Morgan fingerprint density at radius 1 is 1.32 bits per heavy atom. The lowest BCUT2D eigenvalue weighted by Gasteiger charge is -2.20. The molecule has 4 rings (SSSR count). The lowest BCUT2D eigenvalue weighted by Crippen LogP contribution is -2.27. The van der Waals surface area contributed by atoms with Gasteiger partial charge < -0.3 is 14.8 Å². The fourth-order valence-electron chi connectivity index (χ4n) is 3.39. The van der Waals surface area contributed by atoms with E-state index in [-0.39, 0.29) is 24.7 Å². The number of halogens is 2. The van der Waals surface area contributed by atoms with Crippen LogP contribution in [0.25, 0.3) is 0 Å². The number of nitrogens with one attached hydrogen (secondary N) is 2. The number of aromatic nitrogens is 3. The maximum atomic E-state index is 12.5. The molecule has 28 heavy (non-hydrogen) atoms. The molecule has 2 aliphatic rings. The van der Waals surface area contributed by atoms with E-state index in [2.05, 4.69) is 20.7 Å². The molecule has 10 heteroatoms. The third-order valence-electron chi connectivity index (χ3n) is 4.76. The molecule has 152 valence electrons. The lowest BCUT2D eigenvalue weighted by atomic mass is 9.98. The van der Waals surface area contributed by atoms with Crippen LogP contribution in [0.1, 0.15) is 30.1 Å². The molecule has 2 aromatic rings. The van der Waals surface area contributed by atoms with Gasteiger partial charge in [-0.1, -0.05) is 11.6 Å². The van der Waals surface area contributed by atoms with E-state index in [0.717, 1.165) is 37.3 Å². The molecular formula is C18H23Cl2N5O3. The highest BCUT2D eigenvalue weighted by molar-refractivity contribution is 6.32. The first-order chi connectivity index (χ1) is 13.1. The second kappa shape index (κ2) is 8.98. The van der Waals surface area contributed by atoms with Gasteiger partial charge >= 0.3 is 0 Å². The van der Waals surface area contributed by atoms with Crippen molar-refractivity contribution in [3.05, 3.63) is 28.5 Å². The van der Waals surface area contributed by atoms with Crippen LogP contribution in [0, 0.1) is 0 Å². The average molecular weight is 428 g/mol. The van der Waals surface area contributed by atoms with Crippen molar-refractivity contribution in [2.24, 2.45) is 7.05 Å². The summed E-state index contributed by atoms with van der Waals surface area (Å²) < 4.78 is 12.7. The monoisotopic (exact) mass is 427 g/mol. The molecule has 2 N–H and O–H groups in total. The van der Waals surface area contributed by atoms with E-state index in [1.807, 2.05) is 0 Å². The predicted molar refractivity (Wildman–Crippen MR) is 108 cm³/mol. The van der Waals surface area contributed by atoms with E-state index in [9.17, 15) is 4.79 Å². The first kappa shape index (κ1) is 20.7. The minimum atomic E-state index is -0.185. The maximum absolute atomic E-state index is 12.5. The molecule has 2 aliphatic heterocycles. The number of nitrogens with zero attached hydrogens (tertiary/aromatic N) is 3. The van der Waals surface area contributed by atoms with Crippen molar-refractivity contribution in [2.45, 2.75) is 25.2 Å². The quantitative estimate of drug-likeness (QED) is 0.777. The Balaban J connectivity index is 0.00000225. The van der Waals surface area contributed by atoms with Gasteiger partial charge in [0.2, 0.25) is 11.9 Å². The van der Waals surface area contributed by atoms with E-state index < -0.39 is 0 Å². The van der Waals surface area contributed by atoms with Crippen LogP contribution in [-0.4, -0.2) is 47.0 Å². The number of carbonyl (C=O) groups is 1. The largest absolute Gasteiger partial charge is 0.486 e. The van der Waals surface area contributed by atoms with Gasteiger partial charge in [-0.25, -0.2) is 4.68 Å². The number of ether oxygens (including phenoxy) is 2. The molecule has 1 amide bonds. The van der Waals surface area contributed by atoms with Crippen LogP contribution in [0.3, 0.4) is 0 Å². The third-order valence-corrected chi connectivity index (χ3v) is 5.04. The Morgan fingerprint density at radius 3 is 2.86 bits per heavy atom. The first-order valence-corrected chi connectivity index (χ1v) is 9.47. The van der Waals surface area contributed by atoms with Crippen LogP contribution >= 0.6 is 24.0 Å². The van der Waals surface area contributed by atoms with Gasteiger partial charge in [-0.2, -0.15) is 10.1 Å². The van der Waals surface area contributed by atoms with Gasteiger partial charge in [-0.15, -0.1) is 12.4 Å². The Hall–Kier alpha value is -2.03. The normalized spacial score (nSPS) is 16.4. The minimum Gasteiger partial charge on any atom is -0.486 e. The molecular weight excluding hydrogens is 405 g/mol. The van der Waals surface area contributed by atoms with E-state index in [4.69, 9.17) is 21.1 Å². The Labute approximate surface area is 174 Å². The number of carbonyl (C=O) groups excluding carboxylic acids is 1. The summed E-state index contributed by atoms with van der Waals surface area (Å²) in [5, 5.41) is 11.1. The van der Waals surface area contributed by atoms with Crippen LogP contribution in [0.4, 0.5) is 5.95 Å². The SMILES string of the molecule is Cl.Cn1nc(C2CCNCC2)nc1NC(=O)Cc1cc(Cl)c2c(c1)OCCO2. The number of rotatable bonds is 4. The van der Waals surface area contributed by atoms with E-state index in [1.54, 1.807) is 23.9 Å². The zero-order valence-electron chi connectivity index (χ0n) is 15.5. The molecule has 1 aromatic carbocycles. The smallest absolute Gasteiger partial charge is 0.231 e. The maximum Gasteiger partial charge on any atom is 0.231 e. The van der Waals surface area contributed by atoms with Crippen molar-refractivity contribution in [1.29, 1.82) is 0 Å². The third kappa shape index (κ3) is 4.51. The van der Waals surface area contributed by atoms with Gasteiger partial charge in [-0.05, 0) is 43.6 Å². The molecule has 3 heterocycles. The molecule has 0 radical (unpaired) electrons. The predicted octanol–water partition coefficient (Wildman–Crippen LogP) is 2.31. The zero-order chi connectivity index (χ0) is 18.8. The Kier molecular flexibility index (Phi) is 6.64. The van der Waals surface area contributed by atoms with E-state index in [0.29, 0.717) is 41.6 Å². The number of fused-ring (bicyclic) bond motifs is 1. The number of hydrogen-bond donors (Lipinski definition) is 2. The number of anilines is 1. The highest BCUT2D eigenvalue weighted by atomic mass is 35.5. The number of piperidine rings is 1. The van der Waals surface area contributed by atoms with Crippen LogP contribution in [0.15, 0.2) is 12.1 Å². The minimum absolute atomic E-state index is 0. The topological polar surface area (TPSA) is 90.3 Å². The summed E-state index contributed by atoms with van der Waals surface area (Å²) in [6.07, 6.45) is 2.17. The highest BCUT2D eigenvalue weighted by Crippen LogP contribution is 2.38. The van der Waals surface area contributed by atoms with Gasteiger partial charge in [0.25, 0.3) is 0 Å². The molecule has 1 aromatic heterocycles. The van der Waals surface area contributed by atoms with Crippen LogP contribution in [0.2, 0.25) is 5.02 Å². The van der Waals surface area contributed by atoms with Gasteiger partial charge in [0.1, 0.15) is 13.2 Å². The van der Waals surface area contributed by atoms with Gasteiger partial charge in [-0.3, -0.25) is 10.1 Å². The number of hydrogen-bond acceptors (Lipinski definition) is 6. The average Bonchev–Trinajstić information content (AvgIpc) is 3.03. The molecule has 0 atom stereocenters.